The topological polar surface area (TPSA) is 27.3 Å². The van der Waals surface area contributed by atoms with Gasteiger partial charge < -0.3 is 18.3 Å². The van der Waals surface area contributed by atoms with Gasteiger partial charge in [0.15, 0.2) is 0 Å². The van der Waals surface area contributed by atoms with Gasteiger partial charge in [-0.25, -0.2) is 0 Å². The number of aromatic nitrogens is 2. The molecule has 0 N–H and O–H groups in total. The molecule has 370 valence electrons. The highest BCUT2D eigenvalue weighted by atomic mass is 16.5. The molecule has 0 unspecified atom stereocenters. The Balaban J connectivity index is 0.939. The SMILES string of the molecule is CC(C)(C)c1ccc(-c2cc3c4c(c2)Oc2c(ccc5c6cccc7c8cc(-c9ccc(C(C)(C)C)cc9)ccc8n(c25)c76)B4c2ccc4c5cccc6c7cc(-c8ccc(C(C)(C)C)cc8)ccc7n(c4c2O3)c65)cc1. The average Bonchev–Trinajstić information content (AvgIpc) is 4.17. The minimum Gasteiger partial charge on any atom is -0.456 e. The Morgan fingerprint density at radius 2 is 0.649 bits per heavy atom. The van der Waals surface area contributed by atoms with Gasteiger partial charge in [-0.2, -0.15) is 0 Å². The molecule has 0 aliphatic carbocycles. The van der Waals surface area contributed by atoms with Crippen molar-refractivity contribution < 1.29 is 9.47 Å². The lowest BCUT2D eigenvalue weighted by atomic mass is 9.34. The molecule has 0 radical (unpaired) electrons. The molecular weight excluding hydrogens is 936 g/mol. The summed E-state index contributed by atoms with van der Waals surface area (Å²) in [5.74, 6) is 3.46. The number of hydrogen-bond donors (Lipinski definition) is 0. The molecule has 77 heavy (non-hydrogen) atoms. The summed E-state index contributed by atoms with van der Waals surface area (Å²) in [5.41, 5.74) is 21.6. The fourth-order valence-electron chi connectivity index (χ4n) is 13.5. The highest BCUT2D eigenvalue weighted by Crippen LogP contribution is 2.49. The molecule has 0 atom stereocenters. The third-order valence-electron chi connectivity index (χ3n) is 17.6. The predicted octanol–water partition coefficient (Wildman–Crippen LogP) is 17.6. The minimum atomic E-state index is -0.159. The Hall–Kier alpha value is -8.54. The summed E-state index contributed by atoms with van der Waals surface area (Å²) in [6.45, 7) is 20.3. The molecule has 0 saturated heterocycles. The number of nitrogens with zero attached hydrogens (tertiary/aromatic N) is 2. The summed E-state index contributed by atoms with van der Waals surface area (Å²) in [7, 11) is 0. The normalized spacial score (nSPS) is 13.7. The van der Waals surface area contributed by atoms with Crippen molar-refractivity contribution in [1.82, 2.24) is 8.80 Å². The summed E-state index contributed by atoms with van der Waals surface area (Å²) in [6, 6.07) is 68.8. The van der Waals surface area contributed by atoms with E-state index in [0.29, 0.717) is 0 Å². The molecule has 5 heteroatoms. The maximum absolute atomic E-state index is 7.53. The van der Waals surface area contributed by atoms with E-state index in [4.69, 9.17) is 9.47 Å². The summed E-state index contributed by atoms with van der Waals surface area (Å²) >= 11 is 0. The number of rotatable bonds is 3. The highest BCUT2D eigenvalue weighted by molar-refractivity contribution is 6.98. The molecule has 4 nitrogen and oxygen atoms in total. The van der Waals surface area contributed by atoms with Gasteiger partial charge >= 0.3 is 0 Å². The number of fused-ring (bicyclic) bond motifs is 18. The number of ether oxygens (including phenoxy) is 2. The Labute approximate surface area is 448 Å². The lowest BCUT2D eigenvalue weighted by Gasteiger charge is -2.34. The van der Waals surface area contributed by atoms with Crippen molar-refractivity contribution >= 4 is 99.3 Å². The molecule has 6 heterocycles. The van der Waals surface area contributed by atoms with Crippen LogP contribution in [0.15, 0.2) is 182 Å². The van der Waals surface area contributed by atoms with Crippen molar-refractivity contribution in [2.75, 3.05) is 0 Å². The van der Waals surface area contributed by atoms with E-state index in [1.165, 1.54) is 104 Å². The van der Waals surface area contributed by atoms with Gasteiger partial charge in [-0.15, -0.1) is 0 Å². The molecule has 16 rings (SSSR count). The summed E-state index contributed by atoms with van der Waals surface area (Å²) in [6.07, 6.45) is 0. The van der Waals surface area contributed by atoms with Crippen LogP contribution in [0.25, 0.3) is 110 Å². The fourth-order valence-corrected chi connectivity index (χ4v) is 13.5. The van der Waals surface area contributed by atoms with Gasteiger partial charge in [0.2, 0.25) is 0 Å². The van der Waals surface area contributed by atoms with E-state index in [1.807, 2.05) is 0 Å². The van der Waals surface area contributed by atoms with Crippen molar-refractivity contribution in [2.24, 2.45) is 0 Å². The van der Waals surface area contributed by atoms with Crippen LogP contribution in [-0.4, -0.2) is 15.5 Å². The van der Waals surface area contributed by atoms with Crippen LogP contribution < -0.4 is 25.9 Å². The molecule has 0 bridgehead atoms. The van der Waals surface area contributed by atoms with E-state index in [2.05, 4.69) is 253 Å². The van der Waals surface area contributed by atoms with Crippen LogP contribution in [-0.2, 0) is 16.2 Å². The van der Waals surface area contributed by atoms with Crippen LogP contribution in [0.5, 0.6) is 23.0 Å². The monoisotopic (exact) mass is 992 g/mol. The van der Waals surface area contributed by atoms with Crippen molar-refractivity contribution in [2.45, 2.75) is 78.6 Å². The first-order chi connectivity index (χ1) is 37.1. The maximum Gasteiger partial charge on any atom is 0.260 e. The Kier molecular flexibility index (Phi) is 8.78. The van der Waals surface area contributed by atoms with Gasteiger partial charge in [-0.3, -0.25) is 0 Å². The zero-order valence-electron chi connectivity index (χ0n) is 45.1. The molecule has 0 amide bonds. The van der Waals surface area contributed by atoms with Gasteiger partial charge in [0.25, 0.3) is 6.71 Å². The van der Waals surface area contributed by atoms with Crippen molar-refractivity contribution in [3.8, 4) is 56.4 Å². The molecule has 0 saturated carbocycles. The number of hydrogen-bond acceptors (Lipinski definition) is 2. The molecule has 10 aromatic carbocycles. The quantitative estimate of drug-likeness (QED) is 0.165. The van der Waals surface area contributed by atoms with Crippen LogP contribution in [0, 0.1) is 0 Å². The number of benzene rings is 10. The lowest BCUT2D eigenvalue weighted by molar-refractivity contribution is 0.469. The van der Waals surface area contributed by atoms with Crippen LogP contribution in [0.1, 0.15) is 79.0 Å². The Morgan fingerprint density at radius 3 is 1.03 bits per heavy atom. The van der Waals surface area contributed by atoms with Gasteiger partial charge in [0, 0.05) is 48.6 Å². The smallest absolute Gasteiger partial charge is 0.260 e. The van der Waals surface area contributed by atoms with Gasteiger partial charge in [-0.05, 0) is 114 Å². The Morgan fingerprint density at radius 1 is 0.312 bits per heavy atom. The second-order valence-electron chi connectivity index (χ2n) is 25.3. The van der Waals surface area contributed by atoms with Crippen LogP contribution in [0.4, 0.5) is 0 Å². The Bertz CT molecular complexity index is 4550. The van der Waals surface area contributed by atoms with Gasteiger partial charge in [0.1, 0.15) is 23.0 Å². The molecule has 2 aliphatic heterocycles. The summed E-state index contributed by atoms with van der Waals surface area (Å²) < 4.78 is 20.1. The maximum atomic E-state index is 7.53. The lowest BCUT2D eigenvalue weighted by Crippen LogP contribution is -2.57. The average molecular weight is 993 g/mol. The molecule has 0 spiro atoms. The summed E-state index contributed by atoms with van der Waals surface area (Å²) in [5, 5.41) is 9.81. The fraction of sp³-hybridized carbons (Fsp3) is 0.167. The minimum absolute atomic E-state index is 0.0315. The predicted molar refractivity (Wildman–Crippen MR) is 326 cm³/mol. The largest absolute Gasteiger partial charge is 0.456 e. The zero-order chi connectivity index (χ0) is 52.2. The molecule has 0 fully saturated rings. The van der Waals surface area contributed by atoms with E-state index < -0.39 is 0 Å². The first-order valence-corrected chi connectivity index (χ1v) is 27.4. The second-order valence-corrected chi connectivity index (χ2v) is 25.3. The van der Waals surface area contributed by atoms with Crippen LogP contribution >= 0.6 is 0 Å². The molecule has 14 aromatic rings. The third-order valence-corrected chi connectivity index (χ3v) is 17.6. The van der Waals surface area contributed by atoms with E-state index in [1.54, 1.807) is 0 Å². The van der Waals surface area contributed by atoms with E-state index in [0.717, 1.165) is 61.5 Å². The van der Waals surface area contributed by atoms with E-state index in [-0.39, 0.29) is 23.0 Å². The third kappa shape index (κ3) is 6.23. The van der Waals surface area contributed by atoms with Crippen molar-refractivity contribution in [1.29, 1.82) is 0 Å². The second kappa shape index (κ2) is 15.1. The van der Waals surface area contributed by atoms with E-state index >= 15 is 0 Å². The van der Waals surface area contributed by atoms with Crippen LogP contribution in [0.2, 0.25) is 0 Å². The van der Waals surface area contributed by atoms with Crippen LogP contribution in [0.3, 0.4) is 0 Å². The van der Waals surface area contributed by atoms with Crippen molar-refractivity contribution in [3.05, 3.63) is 199 Å². The highest BCUT2D eigenvalue weighted by Gasteiger charge is 2.43. The van der Waals surface area contributed by atoms with Gasteiger partial charge in [0.05, 0.1) is 33.1 Å². The molecular formula is C72H57BN2O2. The first kappa shape index (κ1) is 44.7. The molecule has 4 aromatic heterocycles. The first-order valence-electron chi connectivity index (χ1n) is 27.4. The standard InChI is InChI=1S/C72H57BN2O2/c1-70(2,3)46-24-16-40(17-25-46)43-22-34-59-55(36-43)51-14-10-12-49-53-30-32-57-68(66(53)74(59)64(49)51)76-61-38-45(42-20-28-48(29-21-42)72(7,8)9)39-62-63(61)73(57)58-33-31-54-50-13-11-15-52-56-37-44(41-18-26-47(27-19-41)71(4,5)6)23-35-60(56)75(65(50)52)67(54)69(58)77-62/h10-39H,1-9H3. The number of para-hydroxylation sites is 2. The molecule has 2 aliphatic rings. The van der Waals surface area contributed by atoms with Gasteiger partial charge in [-0.1, -0.05) is 208 Å². The van der Waals surface area contributed by atoms with Crippen molar-refractivity contribution in [3.63, 3.8) is 0 Å². The van der Waals surface area contributed by atoms with E-state index in [9.17, 15) is 0 Å². The zero-order valence-corrected chi connectivity index (χ0v) is 45.1. The summed E-state index contributed by atoms with van der Waals surface area (Å²) in [4.78, 5) is 0.